The maximum atomic E-state index is 11.1. The van der Waals surface area contributed by atoms with Gasteiger partial charge < -0.3 is 19.3 Å². The quantitative estimate of drug-likeness (QED) is 0.587. The summed E-state index contributed by atoms with van der Waals surface area (Å²) in [6.45, 7) is 5.01. The molecule has 0 amide bonds. The van der Waals surface area contributed by atoms with Gasteiger partial charge in [-0.2, -0.15) is 0 Å². The summed E-state index contributed by atoms with van der Waals surface area (Å²) in [5, 5.41) is 9.13. The van der Waals surface area contributed by atoms with E-state index in [2.05, 4.69) is 0 Å². The number of aliphatic carboxylic acids is 1. The van der Waals surface area contributed by atoms with Crippen LogP contribution in [0.1, 0.15) is 38.7 Å². The Hall–Kier alpha value is -1.85. The Morgan fingerprint density at radius 3 is 2.48 bits per heavy atom. The van der Waals surface area contributed by atoms with Crippen LogP contribution in [-0.4, -0.2) is 30.9 Å². The fourth-order valence-corrected chi connectivity index (χ4v) is 2.75. The predicted molar refractivity (Wildman–Crippen MR) is 85.8 cm³/mol. The molecule has 126 valence electrons. The lowest BCUT2D eigenvalue weighted by Gasteiger charge is -2.28. The summed E-state index contributed by atoms with van der Waals surface area (Å²) in [7, 11) is 0. The molecule has 0 atom stereocenters. The summed E-state index contributed by atoms with van der Waals surface area (Å²) in [4.78, 5) is 11.1. The first-order chi connectivity index (χ1) is 11.1. The summed E-state index contributed by atoms with van der Waals surface area (Å²) < 4.78 is 17.2. The van der Waals surface area contributed by atoms with Gasteiger partial charge in [0.05, 0.1) is 25.4 Å². The van der Waals surface area contributed by atoms with Crippen molar-refractivity contribution in [1.29, 1.82) is 0 Å². The Morgan fingerprint density at radius 2 is 1.91 bits per heavy atom. The van der Waals surface area contributed by atoms with Crippen LogP contribution in [0.3, 0.4) is 0 Å². The molecule has 1 aromatic carbocycles. The molecule has 0 radical (unpaired) electrons. The summed E-state index contributed by atoms with van der Waals surface area (Å²) in [6.07, 6.45) is 1.92. The molecule has 0 aromatic heterocycles. The van der Waals surface area contributed by atoms with Gasteiger partial charge in [-0.05, 0) is 20.3 Å². The summed E-state index contributed by atoms with van der Waals surface area (Å²) in [5.74, 6) is -1.14. The van der Waals surface area contributed by atoms with Gasteiger partial charge in [-0.15, -0.1) is 0 Å². The molecule has 1 saturated heterocycles. The van der Waals surface area contributed by atoms with E-state index in [1.807, 2.05) is 37.3 Å². The van der Waals surface area contributed by atoms with Crippen molar-refractivity contribution in [3.05, 3.63) is 47.2 Å². The highest BCUT2D eigenvalue weighted by atomic mass is 16.7. The van der Waals surface area contributed by atoms with Gasteiger partial charge in [-0.3, -0.25) is 0 Å². The summed E-state index contributed by atoms with van der Waals surface area (Å²) in [6, 6.07) is 9.86. The molecule has 23 heavy (non-hydrogen) atoms. The number of carboxylic acids is 1. The Kier molecular flexibility index (Phi) is 6.19. The highest BCUT2D eigenvalue weighted by Gasteiger charge is 2.37. The number of hydrogen-bond donors (Lipinski definition) is 1. The summed E-state index contributed by atoms with van der Waals surface area (Å²) >= 11 is 0. The van der Waals surface area contributed by atoms with Gasteiger partial charge in [0, 0.05) is 18.4 Å². The van der Waals surface area contributed by atoms with Crippen molar-refractivity contribution in [3.63, 3.8) is 0 Å². The van der Waals surface area contributed by atoms with Crippen LogP contribution in [0, 0.1) is 0 Å². The highest BCUT2D eigenvalue weighted by Crippen LogP contribution is 2.36. The molecule has 5 nitrogen and oxygen atoms in total. The Bertz CT molecular complexity index is 544. The minimum Gasteiger partial charge on any atom is -0.498 e. The SMILES string of the molecule is CCO/C(CCCC1(c2ccccc2)OCCO1)=C(\C)C(=O)O. The van der Waals surface area contributed by atoms with Gasteiger partial charge in [-0.1, -0.05) is 30.3 Å². The Balaban J connectivity index is 2.05. The van der Waals surface area contributed by atoms with Crippen molar-refractivity contribution in [2.45, 2.75) is 38.9 Å². The molecule has 1 N–H and O–H groups in total. The molecular formula is C18H24O5. The number of ether oxygens (including phenoxy) is 3. The lowest BCUT2D eigenvalue weighted by molar-refractivity contribution is -0.171. The maximum Gasteiger partial charge on any atom is 0.334 e. The van der Waals surface area contributed by atoms with Crippen LogP contribution in [0.2, 0.25) is 0 Å². The third kappa shape index (κ3) is 4.33. The molecular weight excluding hydrogens is 296 g/mol. The van der Waals surface area contributed by atoms with E-state index in [1.54, 1.807) is 6.92 Å². The van der Waals surface area contributed by atoms with E-state index < -0.39 is 11.8 Å². The van der Waals surface area contributed by atoms with E-state index in [0.717, 1.165) is 12.0 Å². The number of benzene rings is 1. The molecule has 0 saturated carbocycles. The van der Waals surface area contributed by atoms with E-state index in [4.69, 9.17) is 19.3 Å². The second kappa shape index (κ2) is 8.13. The van der Waals surface area contributed by atoms with Crippen molar-refractivity contribution in [1.82, 2.24) is 0 Å². The first-order valence-corrected chi connectivity index (χ1v) is 7.98. The molecule has 0 spiro atoms. The van der Waals surface area contributed by atoms with E-state index in [1.165, 1.54) is 0 Å². The van der Waals surface area contributed by atoms with Crippen LogP contribution in [-0.2, 0) is 24.8 Å². The van der Waals surface area contributed by atoms with Crippen LogP contribution in [0.5, 0.6) is 0 Å². The maximum absolute atomic E-state index is 11.1. The zero-order valence-corrected chi connectivity index (χ0v) is 13.7. The van der Waals surface area contributed by atoms with Gasteiger partial charge in [-0.25, -0.2) is 4.79 Å². The molecule has 0 bridgehead atoms. The molecule has 1 aromatic rings. The van der Waals surface area contributed by atoms with Crippen molar-refractivity contribution in [2.24, 2.45) is 0 Å². The highest BCUT2D eigenvalue weighted by molar-refractivity contribution is 5.86. The molecule has 0 aliphatic carbocycles. The number of carboxylic acid groups (broad SMARTS) is 1. The topological polar surface area (TPSA) is 65.0 Å². The molecule has 1 heterocycles. The van der Waals surface area contributed by atoms with Crippen molar-refractivity contribution >= 4 is 5.97 Å². The minimum atomic E-state index is -0.945. The van der Waals surface area contributed by atoms with Crippen molar-refractivity contribution in [2.75, 3.05) is 19.8 Å². The number of rotatable bonds is 8. The smallest absolute Gasteiger partial charge is 0.334 e. The van der Waals surface area contributed by atoms with Gasteiger partial charge in [0.2, 0.25) is 0 Å². The van der Waals surface area contributed by atoms with Gasteiger partial charge in [0.25, 0.3) is 0 Å². The molecule has 1 fully saturated rings. The van der Waals surface area contributed by atoms with Crippen LogP contribution in [0.25, 0.3) is 0 Å². The van der Waals surface area contributed by atoms with Crippen LogP contribution >= 0.6 is 0 Å². The third-order valence-corrected chi connectivity index (χ3v) is 3.93. The third-order valence-electron chi connectivity index (χ3n) is 3.93. The second-order valence-electron chi connectivity index (χ2n) is 5.46. The van der Waals surface area contributed by atoms with Crippen molar-refractivity contribution < 1.29 is 24.1 Å². The van der Waals surface area contributed by atoms with E-state index in [9.17, 15) is 4.79 Å². The number of hydrogen-bond acceptors (Lipinski definition) is 4. The van der Waals surface area contributed by atoms with Gasteiger partial charge in [0.15, 0.2) is 5.79 Å². The predicted octanol–water partition coefficient (Wildman–Crippen LogP) is 3.45. The van der Waals surface area contributed by atoms with Gasteiger partial charge >= 0.3 is 5.97 Å². The lowest BCUT2D eigenvalue weighted by Crippen LogP contribution is -2.27. The monoisotopic (exact) mass is 320 g/mol. The molecule has 2 rings (SSSR count). The first kappa shape index (κ1) is 17.5. The molecule has 0 unspecified atom stereocenters. The minimum absolute atomic E-state index is 0.258. The number of allylic oxidation sites excluding steroid dienone is 1. The standard InChI is InChI=1S/C18H24O5/c1-3-21-16(14(2)17(19)20)10-7-11-18(22-12-13-23-18)15-8-5-4-6-9-15/h4-6,8-9H,3,7,10-13H2,1-2H3,(H,19,20)/b16-14+. The van der Waals surface area contributed by atoms with Crippen molar-refractivity contribution in [3.8, 4) is 0 Å². The molecule has 1 aliphatic heterocycles. The lowest BCUT2D eigenvalue weighted by atomic mass is 9.98. The average molecular weight is 320 g/mol. The largest absolute Gasteiger partial charge is 0.498 e. The normalized spacial score (nSPS) is 17.7. The molecule has 5 heteroatoms. The number of carbonyl (C=O) groups is 1. The second-order valence-corrected chi connectivity index (χ2v) is 5.46. The van der Waals surface area contributed by atoms with E-state index in [-0.39, 0.29) is 5.57 Å². The van der Waals surface area contributed by atoms with E-state index in [0.29, 0.717) is 38.4 Å². The zero-order valence-electron chi connectivity index (χ0n) is 13.7. The molecule has 1 aliphatic rings. The van der Waals surface area contributed by atoms with Crippen LogP contribution < -0.4 is 0 Å². The fourth-order valence-electron chi connectivity index (χ4n) is 2.75. The first-order valence-electron chi connectivity index (χ1n) is 7.98. The zero-order chi connectivity index (χ0) is 16.7. The van der Waals surface area contributed by atoms with E-state index >= 15 is 0 Å². The fraction of sp³-hybridized carbons (Fsp3) is 0.500. The van der Waals surface area contributed by atoms with Gasteiger partial charge in [0.1, 0.15) is 5.76 Å². The Morgan fingerprint density at radius 1 is 1.26 bits per heavy atom. The summed E-state index contributed by atoms with van der Waals surface area (Å²) in [5.41, 5.74) is 1.25. The Labute approximate surface area is 136 Å². The average Bonchev–Trinajstić information content (AvgIpc) is 3.04. The van der Waals surface area contributed by atoms with Crippen LogP contribution in [0.4, 0.5) is 0 Å². The van der Waals surface area contributed by atoms with Crippen LogP contribution in [0.15, 0.2) is 41.7 Å².